The van der Waals surface area contributed by atoms with Crippen LogP contribution in [0.5, 0.6) is 5.75 Å². The van der Waals surface area contributed by atoms with Gasteiger partial charge in [-0.1, -0.05) is 22.0 Å². The van der Waals surface area contributed by atoms with Crippen molar-refractivity contribution in [2.24, 2.45) is 0 Å². The van der Waals surface area contributed by atoms with E-state index < -0.39 is 0 Å². The van der Waals surface area contributed by atoms with E-state index in [0.717, 1.165) is 29.0 Å². The van der Waals surface area contributed by atoms with Crippen LogP contribution in [0.1, 0.15) is 10.4 Å². The van der Waals surface area contributed by atoms with Gasteiger partial charge in [-0.05, 0) is 30.3 Å². The summed E-state index contributed by atoms with van der Waals surface area (Å²) in [6.07, 6.45) is 0. The molecule has 2 aromatic rings. The van der Waals surface area contributed by atoms with Crippen molar-refractivity contribution in [2.45, 2.75) is 0 Å². The molecule has 1 saturated heterocycles. The summed E-state index contributed by atoms with van der Waals surface area (Å²) in [5.41, 5.74) is 8.16. The van der Waals surface area contributed by atoms with Gasteiger partial charge >= 0.3 is 0 Å². The maximum Gasteiger partial charge on any atom is 0.256 e. The number of ether oxygens (including phenoxy) is 1. The van der Waals surface area contributed by atoms with Crippen LogP contribution < -0.4 is 15.4 Å². The van der Waals surface area contributed by atoms with E-state index in [1.165, 1.54) is 0 Å². The predicted molar refractivity (Wildman–Crippen MR) is 114 cm³/mol. The van der Waals surface area contributed by atoms with Crippen LogP contribution in [0.3, 0.4) is 0 Å². The highest BCUT2D eigenvalue weighted by molar-refractivity contribution is 9.10. The molecule has 0 radical (unpaired) electrons. The average molecular weight is 463 g/mol. The summed E-state index contributed by atoms with van der Waals surface area (Å²) in [6.45, 7) is 2.92. The Balaban J connectivity index is 0.00000169. The van der Waals surface area contributed by atoms with E-state index in [4.69, 9.17) is 10.5 Å². The lowest BCUT2D eigenvalue weighted by Gasteiger charge is -2.36. The van der Waals surface area contributed by atoms with Crippen molar-refractivity contribution in [3.63, 3.8) is 0 Å². The Bertz CT molecular complexity index is 753. The smallest absolute Gasteiger partial charge is 0.256 e. The summed E-state index contributed by atoms with van der Waals surface area (Å²) in [6, 6.07) is 13.4. The van der Waals surface area contributed by atoms with Crippen LogP contribution in [0.25, 0.3) is 0 Å². The van der Waals surface area contributed by atoms with Crippen molar-refractivity contribution in [1.82, 2.24) is 4.90 Å². The molecule has 0 spiro atoms. The molecule has 1 heterocycles. The molecule has 2 aromatic carbocycles. The SMILES string of the molecule is COc1cccc(N2CCN(C(=O)c3ccc(Br)cc3N)CC2)c1.Cl.Cl. The molecule has 5 nitrogen and oxygen atoms in total. The number of hydrogen-bond acceptors (Lipinski definition) is 4. The van der Waals surface area contributed by atoms with Crippen molar-refractivity contribution in [3.8, 4) is 5.75 Å². The number of methoxy groups -OCH3 is 1. The zero-order valence-corrected chi connectivity index (χ0v) is 17.6. The highest BCUT2D eigenvalue weighted by atomic mass is 79.9. The first-order valence-electron chi connectivity index (χ1n) is 7.82. The molecule has 0 aromatic heterocycles. The number of carbonyl (C=O) groups excluding carboxylic acids is 1. The van der Waals surface area contributed by atoms with E-state index in [0.29, 0.717) is 24.3 Å². The summed E-state index contributed by atoms with van der Waals surface area (Å²) in [4.78, 5) is 16.8. The molecular weight excluding hydrogens is 441 g/mol. The number of piperazine rings is 1. The van der Waals surface area contributed by atoms with Crippen molar-refractivity contribution in [2.75, 3.05) is 43.9 Å². The molecule has 0 saturated carbocycles. The van der Waals surface area contributed by atoms with E-state index in [9.17, 15) is 4.79 Å². The molecule has 8 heteroatoms. The van der Waals surface area contributed by atoms with Crippen molar-refractivity contribution in [1.29, 1.82) is 0 Å². The number of amides is 1. The summed E-state index contributed by atoms with van der Waals surface area (Å²) < 4.78 is 6.15. The molecule has 26 heavy (non-hydrogen) atoms. The third-order valence-corrected chi connectivity index (χ3v) is 4.72. The van der Waals surface area contributed by atoms with E-state index in [1.807, 2.05) is 29.2 Å². The molecule has 1 amide bonds. The highest BCUT2D eigenvalue weighted by Crippen LogP contribution is 2.24. The molecule has 1 aliphatic heterocycles. The number of hydrogen-bond donors (Lipinski definition) is 1. The number of halogens is 3. The third-order valence-electron chi connectivity index (χ3n) is 4.23. The monoisotopic (exact) mass is 461 g/mol. The highest BCUT2D eigenvalue weighted by Gasteiger charge is 2.23. The molecule has 0 atom stereocenters. The van der Waals surface area contributed by atoms with Crippen molar-refractivity contribution >= 4 is 58.0 Å². The van der Waals surface area contributed by atoms with Crippen molar-refractivity contribution in [3.05, 3.63) is 52.5 Å². The first kappa shape index (κ1) is 22.4. The molecule has 0 aliphatic carbocycles. The number of nitrogens with two attached hydrogens (primary N) is 1. The van der Waals surface area contributed by atoms with Gasteiger partial charge in [-0.25, -0.2) is 0 Å². The number of carbonyl (C=O) groups is 1. The predicted octanol–water partition coefficient (Wildman–Crippen LogP) is 3.85. The van der Waals surface area contributed by atoms with Gasteiger partial charge in [-0.3, -0.25) is 4.79 Å². The summed E-state index contributed by atoms with van der Waals surface area (Å²) in [5.74, 6) is 0.832. The Kier molecular flexibility index (Phi) is 8.53. The van der Waals surface area contributed by atoms with Gasteiger partial charge in [-0.15, -0.1) is 24.8 Å². The van der Waals surface area contributed by atoms with Gasteiger partial charge < -0.3 is 20.3 Å². The van der Waals surface area contributed by atoms with Crippen LogP contribution in [0.15, 0.2) is 46.9 Å². The number of rotatable bonds is 3. The summed E-state index contributed by atoms with van der Waals surface area (Å²) >= 11 is 3.37. The topological polar surface area (TPSA) is 58.8 Å². The van der Waals surface area contributed by atoms with Gasteiger partial charge in [0.05, 0.1) is 12.7 Å². The Morgan fingerprint density at radius 2 is 1.77 bits per heavy atom. The second-order valence-corrected chi connectivity index (χ2v) is 6.63. The van der Waals surface area contributed by atoms with Crippen LogP contribution in [0.4, 0.5) is 11.4 Å². The molecular formula is C18H22BrCl2N3O2. The van der Waals surface area contributed by atoms with Crippen LogP contribution in [0.2, 0.25) is 0 Å². The Morgan fingerprint density at radius 3 is 2.38 bits per heavy atom. The molecule has 3 rings (SSSR count). The fourth-order valence-electron chi connectivity index (χ4n) is 2.87. The van der Waals surface area contributed by atoms with Crippen LogP contribution in [0, 0.1) is 0 Å². The minimum absolute atomic E-state index is 0. The Hall–Kier alpha value is -1.63. The molecule has 1 fully saturated rings. The molecule has 2 N–H and O–H groups in total. The summed E-state index contributed by atoms with van der Waals surface area (Å²) in [5, 5.41) is 0. The average Bonchev–Trinajstić information content (AvgIpc) is 2.61. The Morgan fingerprint density at radius 1 is 1.08 bits per heavy atom. The maximum absolute atomic E-state index is 12.7. The van der Waals surface area contributed by atoms with Crippen LogP contribution in [-0.4, -0.2) is 44.1 Å². The summed E-state index contributed by atoms with van der Waals surface area (Å²) in [7, 11) is 1.67. The van der Waals surface area contributed by atoms with Gasteiger partial charge in [-0.2, -0.15) is 0 Å². The minimum Gasteiger partial charge on any atom is -0.497 e. The molecule has 142 valence electrons. The lowest BCUT2D eigenvalue weighted by Crippen LogP contribution is -2.48. The quantitative estimate of drug-likeness (QED) is 0.704. The zero-order chi connectivity index (χ0) is 17.1. The fourth-order valence-corrected chi connectivity index (χ4v) is 3.25. The minimum atomic E-state index is -0.00899. The fraction of sp³-hybridized carbons (Fsp3) is 0.278. The molecule has 0 unspecified atom stereocenters. The number of nitrogen functional groups attached to an aromatic ring is 1. The number of anilines is 2. The second-order valence-electron chi connectivity index (χ2n) is 5.71. The molecule has 1 aliphatic rings. The van der Waals surface area contributed by atoms with Gasteiger partial charge in [0.15, 0.2) is 0 Å². The van der Waals surface area contributed by atoms with Gasteiger partial charge in [0.1, 0.15) is 5.75 Å². The second kappa shape index (κ2) is 9.90. The zero-order valence-electron chi connectivity index (χ0n) is 14.4. The maximum atomic E-state index is 12.7. The van der Waals surface area contributed by atoms with Gasteiger partial charge in [0.25, 0.3) is 5.91 Å². The first-order valence-corrected chi connectivity index (χ1v) is 8.61. The molecule has 0 bridgehead atoms. The number of nitrogens with zero attached hydrogens (tertiary/aromatic N) is 2. The van der Waals surface area contributed by atoms with Crippen molar-refractivity contribution < 1.29 is 9.53 Å². The third kappa shape index (κ3) is 4.96. The van der Waals surface area contributed by atoms with E-state index >= 15 is 0 Å². The van der Waals surface area contributed by atoms with Gasteiger partial charge in [0.2, 0.25) is 0 Å². The standard InChI is InChI=1S/C18H20BrN3O2.2ClH/c1-24-15-4-2-3-14(12-15)21-7-9-22(10-8-21)18(23)16-6-5-13(19)11-17(16)20;;/h2-6,11-12H,7-10,20H2,1H3;2*1H. The van der Waals surface area contributed by atoms with E-state index in [1.54, 1.807) is 19.2 Å². The van der Waals surface area contributed by atoms with E-state index in [-0.39, 0.29) is 30.7 Å². The number of benzene rings is 2. The van der Waals surface area contributed by atoms with Crippen LogP contribution >= 0.6 is 40.7 Å². The Labute approximate surface area is 174 Å². The normalized spacial score (nSPS) is 13.5. The van der Waals surface area contributed by atoms with Gasteiger partial charge in [0, 0.05) is 48.1 Å². The first-order chi connectivity index (χ1) is 11.6. The van der Waals surface area contributed by atoms with Crippen LogP contribution in [-0.2, 0) is 0 Å². The lowest BCUT2D eigenvalue weighted by molar-refractivity contribution is 0.0748. The largest absolute Gasteiger partial charge is 0.497 e. The van der Waals surface area contributed by atoms with E-state index in [2.05, 4.69) is 26.9 Å². The lowest BCUT2D eigenvalue weighted by atomic mass is 10.1.